The van der Waals surface area contributed by atoms with E-state index >= 15 is 0 Å². The van der Waals surface area contributed by atoms with E-state index in [9.17, 15) is 21.0 Å². The lowest BCUT2D eigenvalue weighted by Gasteiger charge is -2.29. The summed E-state index contributed by atoms with van der Waals surface area (Å²) in [5.41, 5.74) is 23.0. The zero-order valence-corrected chi connectivity index (χ0v) is 61.7. The average Bonchev–Trinajstić information content (AvgIpc) is 1.55. The molecule has 512 valence electrons. The Morgan fingerprint density at radius 2 is 0.519 bits per heavy atom. The van der Waals surface area contributed by atoms with Gasteiger partial charge in [-0.3, -0.25) is 0 Å². The number of nitriles is 4. The van der Waals surface area contributed by atoms with Gasteiger partial charge in [-0.05, 0) is 226 Å². The summed E-state index contributed by atoms with van der Waals surface area (Å²) < 4.78 is 13.7. The van der Waals surface area contributed by atoms with Gasteiger partial charge in [-0.15, -0.1) is 0 Å². The highest BCUT2D eigenvalue weighted by Crippen LogP contribution is 2.48. The molecule has 2 aliphatic heterocycles. The zero-order valence-electron chi connectivity index (χ0n) is 59.7. The van der Waals surface area contributed by atoms with E-state index in [1.807, 2.05) is 146 Å². The van der Waals surface area contributed by atoms with Crippen LogP contribution in [0.3, 0.4) is 0 Å². The van der Waals surface area contributed by atoms with Crippen LogP contribution in [-0.4, -0.2) is 16.1 Å². The number of nitrogens with zero attached hydrogens (tertiary/aromatic N) is 8. The second-order valence-corrected chi connectivity index (χ2v) is 36.7. The number of fused-ring (bicyclic) bond motifs is 10. The molecule has 0 N–H and O–H groups in total. The van der Waals surface area contributed by atoms with Gasteiger partial charge in [0.1, 0.15) is 38.8 Å². The first kappa shape index (κ1) is 67.0. The Balaban J connectivity index is 0.000000162. The summed E-state index contributed by atoms with van der Waals surface area (Å²) in [5, 5.41) is 45.7. The molecule has 0 saturated carbocycles. The van der Waals surface area contributed by atoms with Gasteiger partial charge in [-0.2, -0.15) is 21.0 Å². The highest BCUT2D eigenvalue weighted by atomic mass is 28.3. The Morgan fingerprint density at radius 1 is 0.250 bits per heavy atom. The number of benzene rings is 14. The van der Waals surface area contributed by atoms with E-state index in [0.717, 1.165) is 135 Å². The molecule has 14 aromatic carbocycles. The maximum Gasteiger partial charge on any atom is 0.135 e. The summed E-state index contributed by atoms with van der Waals surface area (Å²) in [7, 11) is -4.43. The van der Waals surface area contributed by atoms with Crippen LogP contribution in [-0.2, 0) is 0 Å². The Hall–Kier alpha value is -14.2. The van der Waals surface area contributed by atoms with Gasteiger partial charge in [0, 0.05) is 89.9 Å². The third-order valence-corrected chi connectivity index (χ3v) is 28.0. The van der Waals surface area contributed by atoms with Crippen molar-refractivity contribution in [3.63, 3.8) is 0 Å². The van der Waals surface area contributed by atoms with Gasteiger partial charge in [0.25, 0.3) is 0 Å². The zero-order chi connectivity index (χ0) is 73.6. The molecule has 16 aromatic rings. The van der Waals surface area contributed by atoms with Crippen LogP contribution in [0.15, 0.2) is 349 Å². The van der Waals surface area contributed by atoms with Crippen molar-refractivity contribution in [1.29, 1.82) is 21.0 Å². The number of hydrogen-bond donors (Lipinski definition) is 0. The maximum absolute atomic E-state index is 9.66. The summed E-state index contributed by atoms with van der Waals surface area (Å²) in [6, 6.07) is 125. The van der Waals surface area contributed by atoms with Crippen LogP contribution in [0.2, 0.25) is 26.2 Å². The summed E-state index contributed by atoms with van der Waals surface area (Å²) in [6.07, 6.45) is 0. The highest BCUT2D eigenvalue weighted by molar-refractivity contribution is 7.05. The summed E-state index contributed by atoms with van der Waals surface area (Å²) >= 11 is 0. The van der Waals surface area contributed by atoms with Gasteiger partial charge in [0.2, 0.25) is 0 Å². The fraction of sp³-hybridized carbons (Fsp3) is 0.0417. The first-order valence-electron chi connectivity index (χ1n) is 35.9. The van der Waals surface area contributed by atoms with Crippen molar-refractivity contribution >= 4 is 127 Å². The molecule has 108 heavy (non-hydrogen) atoms. The van der Waals surface area contributed by atoms with Gasteiger partial charge in [-0.25, -0.2) is 0 Å². The summed E-state index contributed by atoms with van der Waals surface area (Å²) in [4.78, 5) is 9.03. The Morgan fingerprint density at radius 3 is 0.870 bits per heavy atom. The Labute approximate surface area is 629 Å². The molecule has 0 atom stereocenters. The van der Waals surface area contributed by atoms with E-state index in [1.165, 1.54) is 20.7 Å². The third kappa shape index (κ3) is 11.9. The molecular weight excluding hydrogens is 1350 g/mol. The first-order chi connectivity index (χ1) is 52.9. The first-order valence-corrected chi connectivity index (χ1v) is 41.9. The molecule has 0 radical (unpaired) electrons. The predicted octanol–water partition coefficient (Wildman–Crippen LogP) is 23.2. The second-order valence-electron chi connectivity index (χ2n) is 28.1. The van der Waals surface area contributed by atoms with Gasteiger partial charge < -0.3 is 28.4 Å². The topological polar surface area (TPSA) is 134 Å². The monoisotopic (exact) mass is 1420 g/mol. The Bertz CT molecular complexity index is 6290. The van der Waals surface area contributed by atoms with Crippen LogP contribution in [0.4, 0.5) is 68.2 Å². The van der Waals surface area contributed by atoms with Crippen LogP contribution >= 0.6 is 0 Å². The van der Waals surface area contributed by atoms with E-state index in [-0.39, 0.29) is 0 Å². The van der Waals surface area contributed by atoms with Crippen molar-refractivity contribution < 1.29 is 8.83 Å². The maximum atomic E-state index is 9.66. The average molecular weight is 1420 g/mol. The Kier molecular flexibility index (Phi) is 17.2. The van der Waals surface area contributed by atoms with Gasteiger partial charge in [0.05, 0.1) is 57.9 Å². The largest absolute Gasteiger partial charge is 0.456 e. The van der Waals surface area contributed by atoms with Crippen LogP contribution in [0, 0.1) is 45.3 Å². The normalized spacial score (nSPS) is 12.4. The highest BCUT2D eigenvalue weighted by Gasteiger charge is 2.44. The van der Waals surface area contributed by atoms with Crippen molar-refractivity contribution in [3.05, 3.63) is 362 Å². The molecule has 10 nitrogen and oxygen atoms in total. The van der Waals surface area contributed by atoms with Crippen molar-refractivity contribution in [2.45, 2.75) is 26.2 Å². The molecule has 0 aliphatic carbocycles. The minimum atomic E-state index is -2.28. The minimum absolute atomic E-state index is 0.615. The smallest absolute Gasteiger partial charge is 0.135 e. The van der Waals surface area contributed by atoms with Crippen molar-refractivity contribution in [2.24, 2.45) is 0 Å². The quantitative estimate of drug-likeness (QED) is 0.0969. The molecule has 18 rings (SSSR count). The number of furan rings is 2. The molecule has 0 saturated heterocycles. The van der Waals surface area contributed by atoms with Crippen molar-refractivity contribution in [2.75, 3.05) is 19.6 Å². The number of hydrogen-bond acceptors (Lipinski definition) is 10. The molecule has 2 aliphatic rings. The lowest BCUT2D eigenvalue weighted by Crippen LogP contribution is -2.49. The number of rotatable bonds is 14. The van der Waals surface area contributed by atoms with E-state index in [1.54, 1.807) is 0 Å². The molecular formula is C96H68N8O2Si2. The number of para-hydroxylation sites is 4. The third-order valence-electron chi connectivity index (χ3n) is 21.0. The van der Waals surface area contributed by atoms with Gasteiger partial charge >= 0.3 is 0 Å². The van der Waals surface area contributed by atoms with Crippen LogP contribution in [0.5, 0.6) is 0 Å². The van der Waals surface area contributed by atoms with E-state index in [4.69, 9.17) is 8.83 Å². The van der Waals surface area contributed by atoms with Crippen molar-refractivity contribution in [1.82, 2.24) is 0 Å². The predicted molar refractivity (Wildman–Crippen MR) is 445 cm³/mol. The summed E-state index contributed by atoms with van der Waals surface area (Å²) in [6.45, 7) is 9.66. The molecule has 2 aromatic heterocycles. The molecule has 0 fully saturated rings. The fourth-order valence-electron chi connectivity index (χ4n) is 15.9. The van der Waals surface area contributed by atoms with E-state index in [0.29, 0.717) is 22.3 Å². The second kappa shape index (κ2) is 27.7. The van der Waals surface area contributed by atoms with Crippen LogP contribution in [0.1, 0.15) is 22.3 Å². The molecule has 0 bridgehead atoms. The standard InChI is InChI=1S/C54H38N4OSi.C42H30N4OSi/c1-60(2)52-32-30-44(58(42-27-23-38(36-56)24-28-42)50-20-12-10-18-46(50)40-15-7-4-8-16-40)34-48(52)53-54(60)47-33-43(29-31-51(47)59-53)57(41-25-21-37(35-55)22-26-41)49-19-11-9-17-45(49)39-13-5-3-6-14-39;1-48(2)40-24-22-36(46(32-11-7-4-8-12-32)34-19-15-30(28-44)16-20-34)26-38(40)41-42(48)37-25-35(21-23-39(37)47-41)45(31-9-5-3-6-10-31)33-17-13-29(27-43)14-18-33/h3-34H,1-2H3;3-26H,1-2H3. The fourth-order valence-corrected chi connectivity index (χ4v) is 22.4. The van der Waals surface area contributed by atoms with Gasteiger partial charge in [-0.1, -0.05) is 172 Å². The SMILES string of the molecule is C[Si]1(C)c2ccc(N(c3ccc(C#N)cc3)c3ccccc3-c3ccccc3)cc2-c2oc3ccc(N(c4ccc(C#N)cc4)c4ccccc4-c4ccccc4)cc3c21.C[Si]1(C)c2ccc(N(c3ccccc3)c3ccc(C#N)cc3)cc2-c2oc3ccc(N(c4ccccc4)c4ccc(C#N)cc4)cc3c21. The molecule has 12 heteroatoms. The minimum Gasteiger partial charge on any atom is -0.456 e. The van der Waals surface area contributed by atoms with Crippen LogP contribution in [0.25, 0.3) is 66.8 Å². The lowest BCUT2D eigenvalue weighted by molar-refractivity contribution is 0.634. The van der Waals surface area contributed by atoms with E-state index < -0.39 is 16.1 Å². The van der Waals surface area contributed by atoms with Crippen molar-refractivity contribution in [3.8, 4) is 69.2 Å². The molecule has 4 heterocycles. The summed E-state index contributed by atoms with van der Waals surface area (Å²) in [5.74, 6) is 1.88. The number of anilines is 12. The van der Waals surface area contributed by atoms with Crippen LogP contribution < -0.4 is 40.3 Å². The lowest BCUT2D eigenvalue weighted by atomic mass is 10.0. The molecule has 0 amide bonds. The molecule has 0 unspecified atom stereocenters. The van der Waals surface area contributed by atoms with E-state index in [2.05, 4.69) is 264 Å². The molecule has 0 spiro atoms. The van der Waals surface area contributed by atoms with Gasteiger partial charge in [0.15, 0.2) is 0 Å².